The van der Waals surface area contributed by atoms with Crippen molar-refractivity contribution in [3.63, 3.8) is 0 Å². The Morgan fingerprint density at radius 1 is 1.22 bits per heavy atom. The first-order valence-electron chi connectivity index (χ1n) is 5.78. The summed E-state index contributed by atoms with van der Waals surface area (Å²) in [5.74, 6) is 1.07. The number of ether oxygens (including phenoxy) is 1. The van der Waals surface area contributed by atoms with E-state index in [2.05, 4.69) is 9.98 Å². The van der Waals surface area contributed by atoms with Gasteiger partial charge in [-0.25, -0.2) is 9.98 Å². The Labute approximate surface area is 106 Å². The molecule has 0 spiro atoms. The molecule has 92 valence electrons. The molecule has 1 aromatic carbocycles. The molecule has 2 rings (SSSR count). The maximum atomic E-state index is 5.91. The van der Waals surface area contributed by atoms with E-state index in [1.807, 2.05) is 43.3 Å². The lowest BCUT2D eigenvalue weighted by atomic mass is 10.2. The van der Waals surface area contributed by atoms with E-state index < -0.39 is 0 Å². The molecule has 0 saturated heterocycles. The Morgan fingerprint density at radius 2 is 2.00 bits per heavy atom. The second-order valence-corrected chi connectivity index (χ2v) is 3.65. The number of amidine groups is 1. The molecule has 0 saturated carbocycles. The molecule has 2 N–H and O–H groups in total. The zero-order chi connectivity index (χ0) is 12.8. The van der Waals surface area contributed by atoms with Crippen molar-refractivity contribution < 1.29 is 4.74 Å². The summed E-state index contributed by atoms with van der Waals surface area (Å²) in [5, 5.41) is 0. The van der Waals surface area contributed by atoms with Crippen molar-refractivity contribution in [3.05, 3.63) is 54.2 Å². The van der Waals surface area contributed by atoms with Gasteiger partial charge in [-0.05, 0) is 13.0 Å². The average Bonchev–Trinajstić information content (AvgIpc) is 2.42. The Morgan fingerprint density at radius 3 is 2.61 bits per heavy atom. The number of nitrogens with two attached hydrogens (primary N) is 1. The summed E-state index contributed by atoms with van der Waals surface area (Å²) in [6.07, 6.45) is 1.64. The number of aliphatic imine (C=N–C) groups is 1. The predicted octanol–water partition coefficient (Wildman–Crippen LogP) is 2.52. The summed E-state index contributed by atoms with van der Waals surface area (Å²) in [4.78, 5) is 8.44. The lowest BCUT2D eigenvalue weighted by Crippen LogP contribution is -2.12. The van der Waals surface area contributed by atoms with E-state index in [0.29, 0.717) is 24.0 Å². The van der Waals surface area contributed by atoms with Crippen molar-refractivity contribution in [1.82, 2.24) is 4.98 Å². The molecule has 0 aliphatic heterocycles. The third-order valence-electron chi connectivity index (χ3n) is 2.33. The molecule has 0 radical (unpaired) electrons. The number of hydrogen-bond acceptors (Lipinski definition) is 3. The second kappa shape index (κ2) is 5.82. The highest BCUT2D eigenvalue weighted by atomic mass is 16.5. The highest BCUT2D eigenvalue weighted by molar-refractivity contribution is 5.98. The highest BCUT2D eigenvalue weighted by Crippen LogP contribution is 2.15. The molecule has 0 bridgehead atoms. The first kappa shape index (κ1) is 12.1. The lowest BCUT2D eigenvalue weighted by Gasteiger charge is -2.02. The second-order valence-electron chi connectivity index (χ2n) is 3.65. The topological polar surface area (TPSA) is 60.5 Å². The molecular formula is C14H15N3O. The number of pyridine rings is 1. The normalized spacial score (nSPS) is 11.3. The van der Waals surface area contributed by atoms with Crippen molar-refractivity contribution in [2.75, 3.05) is 6.61 Å². The van der Waals surface area contributed by atoms with Crippen molar-refractivity contribution >= 4 is 11.5 Å². The minimum Gasteiger partial charge on any atom is -0.478 e. The molecule has 1 aromatic heterocycles. The van der Waals surface area contributed by atoms with Gasteiger partial charge in [0, 0.05) is 11.6 Å². The van der Waals surface area contributed by atoms with Crippen molar-refractivity contribution in [2.24, 2.45) is 10.7 Å². The van der Waals surface area contributed by atoms with Crippen LogP contribution in [0.4, 0.5) is 5.69 Å². The van der Waals surface area contributed by atoms with Crippen LogP contribution in [0.5, 0.6) is 5.88 Å². The van der Waals surface area contributed by atoms with Gasteiger partial charge < -0.3 is 10.5 Å². The summed E-state index contributed by atoms with van der Waals surface area (Å²) >= 11 is 0. The molecule has 2 aromatic rings. The fraction of sp³-hybridized carbons (Fsp3) is 0.143. The summed E-state index contributed by atoms with van der Waals surface area (Å²) in [7, 11) is 0. The SMILES string of the molecule is CCOc1ccc(N=C(N)c2ccccc2)cn1. The van der Waals surface area contributed by atoms with Crippen LogP contribution in [0.1, 0.15) is 12.5 Å². The van der Waals surface area contributed by atoms with E-state index in [1.165, 1.54) is 0 Å². The van der Waals surface area contributed by atoms with E-state index in [1.54, 1.807) is 12.3 Å². The number of hydrogen-bond donors (Lipinski definition) is 1. The molecule has 18 heavy (non-hydrogen) atoms. The minimum absolute atomic E-state index is 0.474. The Kier molecular flexibility index (Phi) is 3.91. The molecule has 0 fully saturated rings. The molecule has 0 aliphatic carbocycles. The Balaban J connectivity index is 2.17. The van der Waals surface area contributed by atoms with E-state index in [-0.39, 0.29) is 0 Å². The molecule has 0 amide bonds. The van der Waals surface area contributed by atoms with Gasteiger partial charge in [0.2, 0.25) is 5.88 Å². The first-order chi connectivity index (χ1) is 8.79. The van der Waals surface area contributed by atoms with Crippen LogP contribution in [0.2, 0.25) is 0 Å². The van der Waals surface area contributed by atoms with Crippen molar-refractivity contribution in [2.45, 2.75) is 6.92 Å². The molecule has 4 nitrogen and oxygen atoms in total. The lowest BCUT2D eigenvalue weighted by molar-refractivity contribution is 0.327. The van der Waals surface area contributed by atoms with E-state index >= 15 is 0 Å². The van der Waals surface area contributed by atoms with Crippen LogP contribution in [0, 0.1) is 0 Å². The fourth-order valence-electron chi connectivity index (χ4n) is 1.48. The quantitative estimate of drug-likeness (QED) is 0.661. The highest BCUT2D eigenvalue weighted by Gasteiger charge is 1.98. The third kappa shape index (κ3) is 3.07. The van der Waals surface area contributed by atoms with E-state index in [4.69, 9.17) is 10.5 Å². The number of nitrogens with zero attached hydrogens (tertiary/aromatic N) is 2. The summed E-state index contributed by atoms with van der Waals surface area (Å²) in [5.41, 5.74) is 7.52. The van der Waals surface area contributed by atoms with Gasteiger partial charge in [-0.2, -0.15) is 0 Å². The first-order valence-corrected chi connectivity index (χ1v) is 5.78. The van der Waals surface area contributed by atoms with Gasteiger partial charge in [-0.1, -0.05) is 30.3 Å². The molecular weight excluding hydrogens is 226 g/mol. The third-order valence-corrected chi connectivity index (χ3v) is 2.33. The van der Waals surface area contributed by atoms with Gasteiger partial charge in [0.15, 0.2) is 0 Å². The smallest absolute Gasteiger partial charge is 0.213 e. The monoisotopic (exact) mass is 241 g/mol. The number of rotatable bonds is 4. The maximum Gasteiger partial charge on any atom is 0.213 e. The summed E-state index contributed by atoms with van der Waals surface area (Å²) in [6, 6.07) is 13.2. The standard InChI is InChI=1S/C14H15N3O/c1-2-18-13-9-8-12(10-16-13)17-14(15)11-6-4-3-5-7-11/h3-10H,2H2,1H3,(H2,15,17). The van der Waals surface area contributed by atoms with Crippen molar-refractivity contribution in [1.29, 1.82) is 0 Å². The molecule has 0 atom stereocenters. The van der Waals surface area contributed by atoms with Gasteiger partial charge in [-0.3, -0.25) is 0 Å². The maximum absolute atomic E-state index is 5.91. The Bertz CT molecular complexity index is 520. The van der Waals surface area contributed by atoms with E-state index in [0.717, 1.165) is 5.56 Å². The predicted molar refractivity (Wildman–Crippen MR) is 72.2 cm³/mol. The van der Waals surface area contributed by atoms with Crippen LogP contribution in [0.15, 0.2) is 53.7 Å². The molecule has 0 aliphatic rings. The van der Waals surface area contributed by atoms with Crippen LogP contribution in [-0.4, -0.2) is 17.4 Å². The van der Waals surface area contributed by atoms with Crippen LogP contribution >= 0.6 is 0 Å². The van der Waals surface area contributed by atoms with Gasteiger partial charge in [0.05, 0.1) is 18.5 Å². The van der Waals surface area contributed by atoms with Crippen molar-refractivity contribution in [3.8, 4) is 5.88 Å². The van der Waals surface area contributed by atoms with Crippen LogP contribution < -0.4 is 10.5 Å². The van der Waals surface area contributed by atoms with Gasteiger partial charge in [-0.15, -0.1) is 0 Å². The molecule has 1 heterocycles. The van der Waals surface area contributed by atoms with Crippen LogP contribution in [0.3, 0.4) is 0 Å². The Hall–Kier alpha value is -2.36. The summed E-state index contributed by atoms with van der Waals surface area (Å²) in [6.45, 7) is 2.52. The molecule has 4 heteroatoms. The van der Waals surface area contributed by atoms with Gasteiger partial charge in [0.1, 0.15) is 5.84 Å². The number of aromatic nitrogens is 1. The summed E-state index contributed by atoms with van der Waals surface area (Å²) < 4.78 is 5.26. The average molecular weight is 241 g/mol. The fourth-order valence-corrected chi connectivity index (χ4v) is 1.48. The van der Waals surface area contributed by atoms with E-state index in [9.17, 15) is 0 Å². The largest absolute Gasteiger partial charge is 0.478 e. The molecule has 0 unspecified atom stereocenters. The zero-order valence-corrected chi connectivity index (χ0v) is 10.2. The van der Waals surface area contributed by atoms with Crippen LogP contribution in [0.25, 0.3) is 0 Å². The zero-order valence-electron chi connectivity index (χ0n) is 10.2. The van der Waals surface area contributed by atoms with Gasteiger partial charge in [0.25, 0.3) is 0 Å². The van der Waals surface area contributed by atoms with Gasteiger partial charge >= 0.3 is 0 Å². The van der Waals surface area contributed by atoms with Crippen LogP contribution in [-0.2, 0) is 0 Å². The number of benzene rings is 1. The minimum atomic E-state index is 0.474.